The fourth-order valence-electron chi connectivity index (χ4n) is 2.86. The smallest absolute Gasteiger partial charge is 0.255 e. The Morgan fingerprint density at radius 2 is 2.37 bits per heavy atom. The number of amides is 1. The van der Waals surface area contributed by atoms with Crippen LogP contribution in [0.2, 0.25) is 0 Å². The van der Waals surface area contributed by atoms with Crippen LogP contribution in [-0.4, -0.2) is 28.1 Å². The first-order chi connectivity index (χ1) is 9.29. The molecule has 0 radical (unpaired) electrons. The van der Waals surface area contributed by atoms with E-state index in [0.717, 1.165) is 24.8 Å². The van der Waals surface area contributed by atoms with Gasteiger partial charge in [0.25, 0.3) is 5.91 Å². The third-order valence-electron chi connectivity index (χ3n) is 3.95. The molecule has 100 valence electrons. The molecule has 5 nitrogen and oxygen atoms in total. The van der Waals surface area contributed by atoms with Crippen LogP contribution in [0.5, 0.6) is 0 Å². The molecule has 0 aliphatic heterocycles. The van der Waals surface area contributed by atoms with E-state index in [2.05, 4.69) is 10.4 Å². The molecule has 5 heteroatoms. The zero-order valence-electron chi connectivity index (χ0n) is 10.7. The Morgan fingerprint density at radius 1 is 1.47 bits per heavy atom. The molecule has 0 bridgehead atoms. The third-order valence-corrected chi connectivity index (χ3v) is 3.95. The zero-order valence-corrected chi connectivity index (χ0v) is 10.7. The van der Waals surface area contributed by atoms with Crippen molar-refractivity contribution in [1.29, 1.82) is 0 Å². The Labute approximate surface area is 111 Å². The van der Waals surface area contributed by atoms with Crippen molar-refractivity contribution in [3.05, 3.63) is 36.2 Å². The topological polar surface area (TPSA) is 72.4 Å². The molecule has 0 spiro atoms. The second-order valence-electron chi connectivity index (χ2n) is 5.10. The summed E-state index contributed by atoms with van der Waals surface area (Å²) in [6.45, 7) is 0.639. The molecule has 0 saturated heterocycles. The van der Waals surface area contributed by atoms with E-state index in [9.17, 15) is 4.79 Å². The number of aromatic nitrogens is 2. The molecular formula is C14H18N4O. The Balaban J connectivity index is 1.80. The summed E-state index contributed by atoms with van der Waals surface area (Å²) >= 11 is 0. The van der Waals surface area contributed by atoms with E-state index in [1.807, 2.05) is 24.4 Å². The number of hydrogen-bond acceptors (Lipinski definition) is 3. The van der Waals surface area contributed by atoms with Crippen molar-refractivity contribution < 1.29 is 4.79 Å². The van der Waals surface area contributed by atoms with Crippen LogP contribution in [0.1, 0.15) is 29.6 Å². The van der Waals surface area contributed by atoms with E-state index < -0.39 is 0 Å². The van der Waals surface area contributed by atoms with Gasteiger partial charge in [-0.2, -0.15) is 5.10 Å². The maximum atomic E-state index is 12.3. The van der Waals surface area contributed by atoms with Crippen molar-refractivity contribution >= 4 is 11.4 Å². The van der Waals surface area contributed by atoms with Crippen LogP contribution in [0.4, 0.5) is 0 Å². The lowest BCUT2D eigenvalue weighted by molar-refractivity contribution is 0.0930. The summed E-state index contributed by atoms with van der Waals surface area (Å²) in [5, 5.41) is 7.29. The van der Waals surface area contributed by atoms with Crippen LogP contribution < -0.4 is 11.1 Å². The quantitative estimate of drug-likeness (QED) is 0.868. The Bertz CT molecular complexity index is 592. The van der Waals surface area contributed by atoms with Gasteiger partial charge in [-0.05, 0) is 37.4 Å². The molecule has 2 aromatic heterocycles. The summed E-state index contributed by atoms with van der Waals surface area (Å²) in [6, 6.07) is 5.91. The van der Waals surface area contributed by atoms with Gasteiger partial charge in [0.05, 0.1) is 17.3 Å². The van der Waals surface area contributed by atoms with E-state index in [1.165, 1.54) is 0 Å². The molecule has 1 fully saturated rings. The van der Waals surface area contributed by atoms with Gasteiger partial charge < -0.3 is 11.1 Å². The van der Waals surface area contributed by atoms with Crippen molar-refractivity contribution in [1.82, 2.24) is 14.9 Å². The van der Waals surface area contributed by atoms with Gasteiger partial charge in [0.1, 0.15) is 0 Å². The number of nitrogens with zero attached hydrogens (tertiary/aromatic N) is 2. The van der Waals surface area contributed by atoms with E-state index in [-0.39, 0.29) is 11.9 Å². The van der Waals surface area contributed by atoms with Crippen LogP contribution in [0, 0.1) is 5.92 Å². The molecule has 0 aromatic carbocycles. The van der Waals surface area contributed by atoms with Crippen LogP contribution in [-0.2, 0) is 0 Å². The minimum Gasteiger partial charge on any atom is -0.349 e. The lowest BCUT2D eigenvalue weighted by atomic mass is 10.0. The second kappa shape index (κ2) is 5.01. The molecule has 1 aliphatic rings. The molecule has 3 N–H and O–H groups in total. The van der Waals surface area contributed by atoms with Crippen LogP contribution in [0.25, 0.3) is 5.52 Å². The van der Waals surface area contributed by atoms with Crippen molar-refractivity contribution in [2.24, 2.45) is 11.7 Å². The van der Waals surface area contributed by atoms with Gasteiger partial charge in [0, 0.05) is 12.2 Å². The number of nitrogens with two attached hydrogens (primary N) is 1. The lowest BCUT2D eigenvalue weighted by Crippen LogP contribution is -2.39. The molecule has 1 saturated carbocycles. The van der Waals surface area contributed by atoms with Gasteiger partial charge in [0.15, 0.2) is 0 Å². The minimum atomic E-state index is -0.0495. The maximum Gasteiger partial charge on any atom is 0.255 e. The predicted molar refractivity (Wildman–Crippen MR) is 72.8 cm³/mol. The normalized spacial score (nSPS) is 22.8. The molecule has 1 amide bonds. The number of fused-ring (bicyclic) bond motifs is 1. The average molecular weight is 258 g/mol. The summed E-state index contributed by atoms with van der Waals surface area (Å²) in [4.78, 5) is 12.3. The standard InChI is InChI=1S/C14H18N4O/c15-8-10-4-3-5-12(10)17-14(19)11-9-16-18-7-2-1-6-13(11)18/h1-2,6-7,9-10,12H,3-5,8,15H2,(H,17,19). The Hall–Kier alpha value is -1.88. The van der Waals surface area contributed by atoms with E-state index in [1.54, 1.807) is 10.7 Å². The van der Waals surface area contributed by atoms with Gasteiger partial charge in [-0.1, -0.05) is 12.5 Å². The highest BCUT2D eigenvalue weighted by Gasteiger charge is 2.28. The summed E-state index contributed by atoms with van der Waals surface area (Å²) in [5.74, 6) is 0.359. The Morgan fingerprint density at radius 3 is 3.21 bits per heavy atom. The summed E-state index contributed by atoms with van der Waals surface area (Å²) in [7, 11) is 0. The van der Waals surface area contributed by atoms with Gasteiger partial charge in [0.2, 0.25) is 0 Å². The molecule has 2 aromatic rings. The maximum absolute atomic E-state index is 12.3. The predicted octanol–water partition coefficient (Wildman–Crippen LogP) is 1.19. The highest BCUT2D eigenvalue weighted by atomic mass is 16.1. The fourth-order valence-corrected chi connectivity index (χ4v) is 2.86. The first-order valence-corrected chi connectivity index (χ1v) is 6.73. The zero-order chi connectivity index (χ0) is 13.2. The van der Waals surface area contributed by atoms with Crippen LogP contribution >= 0.6 is 0 Å². The summed E-state index contributed by atoms with van der Waals surface area (Å²) in [6.07, 6.45) is 6.73. The van der Waals surface area contributed by atoms with Gasteiger partial charge in [-0.3, -0.25) is 4.79 Å². The average Bonchev–Trinajstić information content (AvgIpc) is 3.04. The van der Waals surface area contributed by atoms with Crippen molar-refractivity contribution in [3.63, 3.8) is 0 Å². The fraction of sp³-hybridized carbons (Fsp3) is 0.429. The number of hydrogen-bond donors (Lipinski definition) is 2. The van der Waals surface area contributed by atoms with Gasteiger partial charge in [-0.25, -0.2) is 4.52 Å². The lowest BCUT2D eigenvalue weighted by Gasteiger charge is -2.19. The minimum absolute atomic E-state index is 0.0495. The molecular weight excluding hydrogens is 240 g/mol. The summed E-state index contributed by atoms with van der Waals surface area (Å²) < 4.78 is 1.71. The number of carbonyl (C=O) groups excluding carboxylic acids is 1. The largest absolute Gasteiger partial charge is 0.349 e. The number of rotatable bonds is 3. The van der Waals surface area contributed by atoms with Crippen molar-refractivity contribution in [2.75, 3.05) is 6.54 Å². The molecule has 1 aliphatic carbocycles. The number of carbonyl (C=O) groups is 1. The molecule has 2 atom stereocenters. The highest BCUT2D eigenvalue weighted by Crippen LogP contribution is 2.25. The molecule has 19 heavy (non-hydrogen) atoms. The monoisotopic (exact) mass is 258 g/mol. The SMILES string of the molecule is NCC1CCCC1NC(=O)c1cnn2ccccc12. The first-order valence-electron chi connectivity index (χ1n) is 6.73. The number of nitrogens with one attached hydrogen (secondary N) is 1. The first kappa shape index (κ1) is 12.2. The second-order valence-corrected chi connectivity index (χ2v) is 5.10. The van der Waals surface area contributed by atoms with E-state index in [0.29, 0.717) is 18.0 Å². The van der Waals surface area contributed by atoms with Crippen molar-refractivity contribution in [2.45, 2.75) is 25.3 Å². The van der Waals surface area contributed by atoms with Crippen molar-refractivity contribution in [3.8, 4) is 0 Å². The molecule has 2 heterocycles. The van der Waals surface area contributed by atoms with Crippen LogP contribution in [0.15, 0.2) is 30.6 Å². The highest BCUT2D eigenvalue weighted by molar-refractivity contribution is 6.00. The van der Waals surface area contributed by atoms with Gasteiger partial charge >= 0.3 is 0 Å². The summed E-state index contributed by atoms with van der Waals surface area (Å²) in [5.41, 5.74) is 7.20. The number of pyridine rings is 1. The molecule has 2 unspecified atom stereocenters. The molecule has 3 rings (SSSR count). The van der Waals surface area contributed by atoms with Gasteiger partial charge in [-0.15, -0.1) is 0 Å². The van der Waals surface area contributed by atoms with E-state index in [4.69, 9.17) is 5.73 Å². The third kappa shape index (κ3) is 2.21. The van der Waals surface area contributed by atoms with Crippen LogP contribution in [0.3, 0.4) is 0 Å². The Kier molecular flexibility index (Phi) is 3.21. The van der Waals surface area contributed by atoms with E-state index >= 15 is 0 Å².